The number of halogens is 2. The van der Waals surface area contributed by atoms with Crippen LogP contribution in [0.5, 0.6) is 0 Å². The van der Waals surface area contributed by atoms with Crippen LogP contribution in [0.1, 0.15) is 47.8 Å². The summed E-state index contributed by atoms with van der Waals surface area (Å²) in [6.45, 7) is 7.52. The maximum Gasteiger partial charge on any atom is 0.256 e. The molecular weight excluding hydrogens is 435 g/mol. The highest BCUT2D eigenvalue weighted by molar-refractivity contribution is 6.30. The van der Waals surface area contributed by atoms with Gasteiger partial charge in [-0.1, -0.05) is 74.8 Å². The summed E-state index contributed by atoms with van der Waals surface area (Å²) >= 11 is 5.96. The van der Waals surface area contributed by atoms with E-state index < -0.39 is 5.82 Å². The maximum atomic E-state index is 13.6. The zero-order valence-electron chi connectivity index (χ0n) is 19.2. The molecule has 0 atom stereocenters. The van der Waals surface area contributed by atoms with Gasteiger partial charge in [-0.3, -0.25) is 4.79 Å². The van der Waals surface area contributed by atoms with Gasteiger partial charge in [0.15, 0.2) is 0 Å². The Bertz CT molecular complexity index is 1270. The molecule has 3 aromatic carbocycles. The van der Waals surface area contributed by atoms with Crippen molar-refractivity contribution in [3.05, 3.63) is 106 Å². The second kappa shape index (κ2) is 9.40. The lowest BCUT2D eigenvalue weighted by Crippen LogP contribution is -2.32. The average molecular weight is 463 g/mol. The van der Waals surface area contributed by atoms with Gasteiger partial charge in [-0.25, -0.2) is 4.39 Å². The average Bonchev–Trinajstić information content (AvgIpc) is 3.27. The molecule has 0 unspecified atom stereocenters. The van der Waals surface area contributed by atoms with Crippen LogP contribution in [0.2, 0.25) is 5.02 Å². The van der Waals surface area contributed by atoms with Gasteiger partial charge in [0, 0.05) is 24.7 Å². The number of nitrogens with one attached hydrogen (secondary N) is 1. The number of carbonyl (C=O) groups is 1. The van der Waals surface area contributed by atoms with Crippen LogP contribution in [0.4, 0.5) is 4.39 Å². The van der Waals surface area contributed by atoms with Crippen molar-refractivity contribution in [2.75, 3.05) is 6.54 Å². The smallest absolute Gasteiger partial charge is 0.256 e. The summed E-state index contributed by atoms with van der Waals surface area (Å²) < 4.78 is 13.6. The molecule has 33 heavy (non-hydrogen) atoms. The molecule has 4 rings (SSSR count). The molecule has 0 radical (unpaired) electrons. The molecule has 0 saturated carbocycles. The van der Waals surface area contributed by atoms with E-state index in [0.29, 0.717) is 25.1 Å². The number of benzene rings is 3. The Morgan fingerprint density at radius 1 is 1.00 bits per heavy atom. The largest absolute Gasteiger partial charge is 0.361 e. The molecule has 4 aromatic rings. The van der Waals surface area contributed by atoms with Gasteiger partial charge in [-0.15, -0.1) is 0 Å². The van der Waals surface area contributed by atoms with Gasteiger partial charge < -0.3 is 9.88 Å². The van der Waals surface area contributed by atoms with Gasteiger partial charge in [0.25, 0.3) is 5.91 Å². The molecule has 1 amide bonds. The first kappa shape index (κ1) is 23.1. The van der Waals surface area contributed by atoms with E-state index >= 15 is 0 Å². The summed E-state index contributed by atoms with van der Waals surface area (Å²) in [4.78, 5) is 18.7. The molecule has 1 N–H and O–H groups in total. The van der Waals surface area contributed by atoms with Gasteiger partial charge in [0.05, 0.1) is 16.1 Å². The fourth-order valence-corrected chi connectivity index (χ4v) is 4.18. The van der Waals surface area contributed by atoms with E-state index in [0.717, 1.165) is 22.0 Å². The molecular formula is C28H28ClFN2O. The van der Waals surface area contributed by atoms with Crippen molar-refractivity contribution in [1.29, 1.82) is 0 Å². The predicted molar refractivity (Wildman–Crippen MR) is 133 cm³/mol. The fourth-order valence-electron chi connectivity index (χ4n) is 3.98. The molecule has 1 heterocycles. The lowest BCUT2D eigenvalue weighted by Gasteiger charge is -2.24. The third kappa shape index (κ3) is 5.28. The first-order valence-electron chi connectivity index (χ1n) is 11.1. The highest BCUT2D eigenvalue weighted by atomic mass is 35.5. The quantitative estimate of drug-likeness (QED) is 0.324. The monoisotopic (exact) mass is 462 g/mol. The van der Waals surface area contributed by atoms with E-state index in [9.17, 15) is 9.18 Å². The number of H-pyrrole nitrogens is 1. The molecule has 0 fully saturated rings. The zero-order valence-corrected chi connectivity index (χ0v) is 19.9. The van der Waals surface area contributed by atoms with E-state index in [1.165, 1.54) is 11.6 Å². The summed E-state index contributed by atoms with van der Waals surface area (Å²) in [5, 5.41) is 1.10. The van der Waals surface area contributed by atoms with Crippen molar-refractivity contribution in [2.45, 2.75) is 39.2 Å². The van der Waals surface area contributed by atoms with Crippen molar-refractivity contribution in [2.24, 2.45) is 0 Å². The van der Waals surface area contributed by atoms with E-state index in [1.54, 1.807) is 12.1 Å². The number of rotatable bonds is 6. The minimum absolute atomic E-state index is 0.0452. The molecule has 0 bridgehead atoms. The Morgan fingerprint density at radius 3 is 2.42 bits per heavy atom. The van der Waals surface area contributed by atoms with Crippen molar-refractivity contribution in [3.63, 3.8) is 0 Å². The minimum Gasteiger partial charge on any atom is -0.361 e. The van der Waals surface area contributed by atoms with E-state index in [2.05, 4.69) is 50.0 Å². The Kier molecular flexibility index (Phi) is 6.57. The first-order valence-corrected chi connectivity index (χ1v) is 11.5. The van der Waals surface area contributed by atoms with Gasteiger partial charge in [0.1, 0.15) is 5.82 Å². The Labute approximate surface area is 199 Å². The van der Waals surface area contributed by atoms with Crippen molar-refractivity contribution in [1.82, 2.24) is 9.88 Å². The van der Waals surface area contributed by atoms with E-state index in [1.807, 2.05) is 35.4 Å². The molecule has 170 valence electrons. The third-order valence-corrected chi connectivity index (χ3v) is 6.24. The number of hydrogen-bond donors (Lipinski definition) is 1. The summed E-state index contributed by atoms with van der Waals surface area (Å²) in [5.74, 6) is -0.484. The first-order chi connectivity index (χ1) is 15.7. The number of fused-ring (bicyclic) bond motifs is 1. The van der Waals surface area contributed by atoms with Crippen LogP contribution in [0.15, 0.2) is 72.9 Å². The summed E-state index contributed by atoms with van der Waals surface area (Å²) in [6, 6.07) is 20.8. The summed E-state index contributed by atoms with van der Waals surface area (Å²) in [5.41, 5.74) is 4.74. The number of nitrogens with zero attached hydrogens (tertiary/aromatic N) is 1. The Hall–Kier alpha value is -3.11. The number of aromatic nitrogens is 1. The van der Waals surface area contributed by atoms with Crippen LogP contribution < -0.4 is 0 Å². The van der Waals surface area contributed by atoms with Crippen LogP contribution in [-0.2, 0) is 18.4 Å². The van der Waals surface area contributed by atoms with Crippen LogP contribution in [-0.4, -0.2) is 22.3 Å². The molecule has 1 aromatic heterocycles. The zero-order chi connectivity index (χ0) is 23.6. The maximum absolute atomic E-state index is 13.6. The van der Waals surface area contributed by atoms with Crippen molar-refractivity contribution in [3.8, 4) is 0 Å². The second-order valence-electron chi connectivity index (χ2n) is 9.42. The number of para-hydroxylation sites is 1. The Balaban J connectivity index is 1.61. The fraction of sp³-hybridized carbons (Fsp3) is 0.250. The van der Waals surface area contributed by atoms with Crippen LogP contribution in [0.3, 0.4) is 0 Å². The highest BCUT2D eigenvalue weighted by Crippen LogP contribution is 2.24. The predicted octanol–water partition coefficient (Wildman–Crippen LogP) is 7.14. The van der Waals surface area contributed by atoms with Gasteiger partial charge in [-0.05, 0) is 52.8 Å². The van der Waals surface area contributed by atoms with Crippen molar-refractivity contribution < 1.29 is 9.18 Å². The standard InChI is InChI=1S/C28H28ClFN2O/c1-28(2,3)22-10-7-20(8-11-22)18-32(16-14-19-9-12-25(30)24(29)17-19)27(33)23-6-4-5-21-13-15-31-26(21)23/h4-13,15,17,31H,14,16,18H2,1-3H3. The SMILES string of the molecule is CC(C)(C)c1ccc(CN(CCc2ccc(F)c(Cl)c2)C(=O)c2cccc3cc[nH]c23)cc1. The lowest BCUT2D eigenvalue weighted by molar-refractivity contribution is 0.0747. The number of carbonyl (C=O) groups excluding carboxylic acids is 1. The van der Waals surface area contributed by atoms with Gasteiger partial charge >= 0.3 is 0 Å². The molecule has 0 saturated heterocycles. The lowest BCUT2D eigenvalue weighted by atomic mass is 9.87. The normalized spacial score (nSPS) is 11.7. The number of amides is 1. The molecule has 0 aliphatic carbocycles. The van der Waals surface area contributed by atoms with Crippen LogP contribution >= 0.6 is 11.6 Å². The number of aromatic amines is 1. The molecule has 3 nitrogen and oxygen atoms in total. The molecule has 0 aliphatic heterocycles. The number of hydrogen-bond acceptors (Lipinski definition) is 1. The second-order valence-corrected chi connectivity index (χ2v) is 9.83. The van der Waals surface area contributed by atoms with E-state index in [-0.39, 0.29) is 16.3 Å². The van der Waals surface area contributed by atoms with Crippen LogP contribution in [0, 0.1) is 5.82 Å². The summed E-state index contributed by atoms with van der Waals surface area (Å²) in [7, 11) is 0. The van der Waals surface area contributed by atoms with Crippen LogP contribution in [0.25, 0.3) is 10.9 Å². The summed E-state index contributed by atoms with van der Waals surface area (Å²) in [6.07, 6.45) is 2.42. The van der Waals surface area contributed by atoms with Crippen molar-refractivity contribution >= 4 is 28.4 Å². The minimum atomic E-state index is -0.439. The van der Waals surface area contributed by atoms with E-state index in [4.69, 9.17) is 11.6 Å². The van der Waals surface area contributed by atoms with Gasteiger partial charge in [0.2, 0.25) is 0 Å². The highest BCUT2D eigenvalue weighted by Gasteiger charge is 2.20. The Morgan fingerprint density at radius 2 is 1.73 bits per heavy atom. The molecule has 0 spiro atoms. The molecule has 5 heteroatoms. The topological polar surface area (TPSA) is 36.1 Å². The van der Waals surface area contributed by atoms with Gasteiger partial charge in [-0.2, -0.15) is 0 Å². The third-order valence-electron chi connectivity index (χ3n) is 5.95. The molecule has 0 aliphatic rings.